The summed E-state index contributed by atoms with van der Waals surface area (Å²) in [5.41, 5.74) is 1.19. The maximum absolute atomic E-state index is 12.5. The minimum Gasteiger partial charge on any atom is -0.343 e. The lowest BCUT2D eigenvalue weighted by molar-refractivity contribution is -0.132. The molecule has 2 aliphatic rings. The SMILES string of the molecule is CC(=O)N1CC[C@H]2CC(=O)N(Cc3ccccc3)CC[C@H]2C1. The van der Waals surface area contributed by atoms with E-state index in [1.165, 1.54) is 5.56 Å². The second-order valence-electron chi connectivity index (χ2n) is 6.57. The van der Waals surface area contributed by atoms with Gasteiger partial charge in [-0.2, -0.15) is 0 Å². The number of nitrogens with zero attached hydrogens (tertiary/aromatic N) is 2. The summed E-state index contributed by atoms with van der Waals surface area (Å²) in [6, 6.07) is 10.2. The van der Waals surface area contributed by atoms with E-state index in [0.29, 0.717) is 24.8 Å². The van der Waals surface area contributed by atoms with Crippen LogP contribution in [-0.2, 0) is 16.1 Å². The lowest BCUT2D eigenvalue weighted by atomic mass is 9.82. The van der Waals surface area contributed by atoms with Crippen molar-refractivity contribution in [2.45, 2.75) is 32.7 Å². The Kier molecular flexibility index (Phi) is 4.46. The molecule has 2 fully saturated rings. The highest BCUT2D eigenvalue weighted by atomic mass is 16.2. The number of hydrogen-bond acceptors (Lipinski definition) is 2. The fourth-order valence-electron chi connectivity index (χ4n) is 3.73. The van der Waals surface area contributed by atoms with Gasteiger partial charge in [0, 0.05) is 39.5 Å². The van der Waals surface area contributed by atoms with Crippen LogP contribution in [0.25, 0.3) is 0 Å². The molecule has 0 radical (unpaired) electrons. The van der Waals surface area contributed by atoms with Crippen molar-refractivity contribution in [3.8, 4) is 0 Å². The first-order chi connectivity index (χ1) is 10.6. The number of amides is 2. The third kappa shape index (κ3) is 3.32. The predicted molar refractivity (Wildman–Crippen MR) is 84.9 cm³/mol. The number of piperidine rings is 1. The Bertz CT molecular complexity index is 543. The van der Waals surface area contributed by atoms with E-state index in [-0.39, 0.29) is 11.8 Å². The van der Waals surface area contributed by atoms with Crippen molar-refractivity contribution in [1.82, 2.24) is 9.80 Å². The van der Waals surface area contributed by atoms with Crippen LogP contribution in [0.5, 0.6) is 0 Å². The van der Waals surface area contributed by atoms with Crippen LogP contribution < -0.4 is 0 Å². The van der Waals surface area contributed by atoms with E-state index in [1.807, 2.05) is 28.0 Å². The Morgan fingerprint density at radius 2 is 1.86 bits per heavy atom. The van der Waals surface area contributed by atoms with Gasteiger partial charge in [-0.3, -0.25) is 9.59 Å². The Hall–Kier alpha value is -1.84. The predicted octanol–water partition coefficient (Wildman–Crippen LogP) is 2.29. The summed E-state index contributed by atoms with van der Waals surface area (Å²) in [4.78, 5) is 28.0. The van der Waals surface area contributed by atoms with Gasteiger partial charge in [0.1, 0.15) is 0 Å². The van der Waals surface area contributed by atoms with Gasteiger partial charge in [0.2, 0.25) is 11.8 Å². The molecule has 0 unspecified atom stereocenters. The molecule has 1 aromatic carbocycles. The summed E-state index contributed by atoms with van der Waals surface area (Å²) in [6.07, 6.45) is 2.62. The van der Waals surface area contributed by atoms with Crippen LogP contribution in [0.1, 0.15) is 31.7 Å². The molecule has 0 bridgehead atoms. The van der Waals surface area contributed by atoms with Crippen LogP contribution in [0.2, 0.25) is 0 Å². The Balaban J connectivity index is 1.66. The number of carbonyl (C=O) groups excluding carboxylic acids is 2. The molecule has 4 nitrogen and oxygen atoms in total. The van der Waals surface area contributed by atoms with Crippen LogP contribution in [0.4, 0.5) is 0 Å². The topological polar surface area (TPSA) is 40.6 Å². The summed E-state index contributed by atoms with van der Waals surface area (Å²) in [5.74, 6) is 1.36. The molecule has 2 amide bonds. The summed E-state index contributed by atoms with van der Waals surface area (Å²) in [5, 5.41) is 0. The summed E-state index contributed by atoms with van der Waals surface area (Å²) >= 11 is 0. The smallest absolute Gasteiger partial charge is 0.223 e. The fraction of sp³-hybridized carbons (Fsp3) is 0.556. The van der Waals surface area contributed by atoms with Crippen molar-refractivity contribution in [3.05, 3.63) is 35.9 Å². The third-order valence-corrected chi connectivity index (χ3v) is 5.11. The van der Waals surface area contributed by atoms with E-state index in [2.05, 4.69) is 12.1 Å². The number of benzene rings is 1. The lowest BCUT2D eigenvalue weighted by Gasteiger charge is -2.36. The largest absolute Gasteiger partial charge is 0.343 e. The first kappa shape index (κ1) is 15.1. The Labute approximate surface area is 132 Å². The molecule has 0 N–H and O–H groups in total. The van der Waals surface area contributed by atoms with Crippen LogP contribution in [0.3, 0.4) is 0 Å². The van der Waals surface area contributed by atoms with Crippen LogP contribution in [0, 0.1) is 11.8 Å². The minimum absolute atomic E-state index is 0.162. The maximum Gasteiger partial charge on any atom is 0.223 e. The zero-order valence-electron chi connectivity index (χ0n) is 13.2. The summed E-state index contributed by atoms with van der Waals surface area (Å²) < 4.78 is 0. The number of rotatable bonds is 2. The quantitative estimate of drug-likeness (QED) is 0.841. The van der Waals surface area contributed by atoms with Gasteiger partial charge >= 0.3 is 0 Å². The maximum atomic E-state index is 12.5. The van der Waals surface area contributed by atoms with Crippen molar-refractivity contribution < 1.29 is 9.59 Å². The molecule has 0 saturated carbocycles. The van der Waals surface area contributed by atoms with Gasteiger partial charge in [0.25, 0.3) is 0 Å². The van der Waals surface area contributed by atoms with Gasteiger partial charge in [0.05, 0.1) is 0 Å². The van der Waals surface area contributed by atoms with Gasteiger partial charge < -0.3 is 9.80 Å². The van der Waals surface area contributed by atoms with Gasteiger partial charge in [-0.25, -0.2) is 0 Å². The fourth-order valence-corrected chi connectivity index (χ4v) is 3.73. The molecule has 2 atom stereocenters. The van der Waals surface area contributed by atoms with Crippen molar-refractivity contribution in [3.63, 3.8) is 0 Å². The van der Waals surface area contributed by atoms with E-state index in [0.717, 1.165) is 32.5 Å². The average molecular weight is 300 g/mol. The van der Waals surface area contributed by atoms with Gasteiger partial charge in [-0.05, 0) is 30.2 Å². The number of carbonyl (C=O) groups is 2. The highest BCUT2D eigenvalue weighted by Crippen LogP contribution is 2.32. The molecule has 2 aliphatic heterocycles. The molecule has 2 saturated heterocycles. The standard InChI is InChI=1S/C18H24N2O2/c1-14(21)19-9-7-16-11-18(22)20(10-8-17(16)13-19)12-15-5-3-2-4-6-15/h2-6,16-17H,7-13H2,1H3/t16-,17-/m0/s1. The molecule has 2 heterocycles. The molecular weight excluding hydrogens is 276 g/mol. The van der Waals surface area contributed by atoms with Gasteiger partial charge in [-0.1, -0.05) is 30.3 Å². The molecule has 0 aromatic heterocycles. The van der Waals surface area contributed by atoms with Gasteiger partial charge in [-0.15, -0.1) is 0 Å². The van der Waals surface area contributed by atoms with Crippen LogP contribution in [0.15, 0.2) is 30.3 Å². The molecule has 4 heteroatoms. The second kappa shape index (κ2) is 6.51. The van der Waals surface area contributed by atoms with E-state index in [1.54, 1.807) is 6.92 Å². The second-order valence-corrected chi connectivity index (χ2v) is 6.57. The summed E-state index contributed by atoms with van der Waals surface area (Å²) in [6.45, 7) is 4.79. The molecule has 0 aliphatic carbocycles. The molecule has 3 rings (SSSR count). The normalized spacial score (nSPS) is 25.6. The summed E-state index contributed by atoms with van der Waals surface area (Å²) in [7, 11) is 0. The van der Waals surface area contributed by atoms with Crippen molar-refractivity contribution in [1.29, 1.82) is 0 Å². The highest BCUT2D eigenvalue weighted by molar-refractivity contribution is 5.77. The first-order valence-corrected chi connectivity index (χ1v) is 8.20. The van der Waals surface area contributed by atoms with E-state index < -0.39 is 0 Å². The third-order valence-electron chi connectivity index (χ3n) is 5.11. The molecular formula is C18H24N2O2. The number of likely N-dealkylation sites (tertiary alicyclic amines) is 2. The van der Waals surface area contributed by atoms with Crippen molar-refractivity contribution >= 4 is 11.8 Å². The zero-order chi connectivity index (χ0) is 15.5. The van der Waals surface area contributed by atoms with Crippen LogP contribution in [-0.4, -0.2) is 41.2 Å². The zero-order valence-corrected chi connectivity index (χ0v) is 13.2. The minimum atomic E-state index is 0.162. The molecule has 118 valence electrons. The van der Waals surface area contributed by atoms with Crippen LogP contribution >= 0.6 is 0 Å². The molecule has 22 heavy (non-hydrogen) atoms. The monoisotopic (exact) mass is 300 g/mol. The van der Waals surface area contributed by atoms with E-state index >= 15 is 0 Å². The lowest BCUT2D eigenvalue weighted by Crippen LogP contribution is -2.42. The first-order valence-electron chi connectivity index (χ1n) is 8.20. The van der Waals surface area contributed by atoms with E-state index in [4.69, 9.17) is 0 Å². The molecule has 1 aromatic rings. The Morgan fingerprint density at radius 3 is 2.59 bits per heavy atom. The van der Waals surface area contributed by atoms with Crippen molar-refractivity contribution in [2.75, 3.05) is 19.6 Å². The molecule has 0 spiro atoms. The average Bonchev–Trinajstić information content (AvgIpc) is 2.67. The number of fused-ring (bicyclic) bond motifs is 1. The highest BCUT2D eigenvalue weighted by Gasteiger charge is 2.35. The van der Waals surface area contributed by atoms with E-state index in [9.17, 15) is 9.59 Å². The van der Waals surface area contributed by atoms with Crippen molar-refractivity contribution in [2.24, 2.45) is 11.8 Å². The number of hydrogen-bond donors (Lipinski definition) is 0. The Morgan fingerprint density at radius 1 is 1.14 bits per heavy atom. The van der Waals surface area contributed by atoms with Gasteiger partial charge in [0.15, 0.2) is 0 Å².